The summed E-state index contributed by atoms with van der Waals surface area (Å²) in [6.45, 7) is 2.21. The maximum Gasteiger partial charge on any atom is 0.0536 e. The van der Waals surface area contributed by atoms with Crippen molar-refractivity contribution in [1.29, 1.82) is 0 Å². The number of allylic oxidation sites excluding steroid dienone is 1. The first-order valence-corrected chi connectivity index (χ1v) is 4.08. The van der Waals surface area contributed by atoms with Gasteiger partial charge in [-0.05, 0) is 19.8 Å². The van der Waals surface area contributed by atoms with E-state index in [1.165, 1.54) is 12.8 Å². The fraction of sp³-hybridized carbons (Fsp3) is 0.667. The Morgan fingerprint density at radius 3 is 3.20 bits per heavy atom. The Balaban J connectivity index is 2.19. The summed E-state index contributed by atoms with van der Waals surface area (Å²) in [5.74, 6) is 1.49. The molecule has 0 aromatic rings. The SMILES string of the molecule is CC1N=CC2CCC=CC21. The number of rotatable bonds is 0. The molecule has 0 saturated carbocycles. The lowest BCUT2D eigenvalue weighted by molar-refractivity contribution is 0.440. The average Bonchev–Trinajstić information content (AvgIpc) is 2.34. The molecule has 0 radical (unpaired) electrons. The summed E-state index contributed by atoms with van der Waals surface area (Å²) in [5.41, 5.74) is 0. The first-order valence-electron chi connectivity index (χ1n) is 4.08. The number of nitrogens with zero attached hydrogens (tertiary/aromatic N) is 1. The minimum Gasteiger partial charge on any atom is -0.294 e. The van der Waals surface area contributed by atoms with E-state index < -0.39 is 0 Å². The van der Waals surface area contributed by atoms with Crippen molar-refractivity contribution in [2.24, 2.45) is 16.8 Å². The zero-order chi connectivity index (χ0) is 6.97. The number of aliphatic imine (C=N–C) groups is 1. The molecule has 1 heterocycles. The summed E-state index contributed by atoms with van der Waals surface area (Å²) in [6.07, 6.45) is 9.35. The Labute approximate surface area is 61.9 Å². The molecule has 2 rings (SSSR count). The molecule has 0 N–H and O–H groups in total. The van der Waals surface area contributed by atoms with Gasteiger partial charge in [-0.2, -0.15) is 0 Å². The van der Waals surface area contributed by atoms with Crippen molar-refractivity contribution in [2.75, 3.05) is 0 Å². The van der Waals surface area contributed by atoms with Crippen LogP contribution in [0.15, 0.2) is 17.1 Å². The van der Waals surface area contributed by atoms with Crippen molar-refractivity contribution in [2.45, 2.75) is 25.8 Å². The quantitative estimate of drug-likeness (QED) is 0.451. The molecular formula is C9H13N. The van der Waals surface area contributed by atoms with E-state index in [2.05, 4.69) is 30.3 Å². The molecule has 0 bridgehead atoms. The summed E-state index contributed by atoms with van der Waals surface area (Å²) in [4.78, 5) is 4.40. The van der Waals surface area contributed by atoms with Crippen molar-refractivity contribution in [3.8, 4) is 0 Å². The predicted octanol–water partition coefficient (Wildman–Crippen LogP) is 2.04. The first-order chi connectivity index (χ1) is 4.88. The molecule has 0 fully saturated rings. The Kier molecular flexibility index (Phi) is 1.37. The molecule has 3 atom stereocenters. The van der Waals surface area contributed by atoms with Gasteiger partial charge >= 0.3 is 0 Å². The van der Waals surface area contributed by atoms with Crippen LogP contribution in [0.5, 0.6) is 0 Å². The van der Waals surface area contributed by atoms with Gasteiger partial charge in [-0.3, -0.25) is 4.99 Å². The maximum atomic E-state index is 4.40. The normalized spacial score (nSPS) is 43.9. The van der Waals surface area contributed by atoms with Crippen molar-refractivity contribution >= 4 is 6.21 Å². The molecule has 1 nitrogen and oxygen atoms in total. The van der Waals surface area contributed by atoms with E-state index in [9.17, 15) is 0 Å². The lowest BCUT2D eigenvalue weighted by Crippen LogP contribution is -2.18. The van der Waals surface area contributed by atoms with E-state index in [0.29, 0.717) is 6.04 Å². The van der Waals surface area contributed by atoms with E-state index in [-0.39, 0.29) is 0 Å². The number of hydrogen-bond donors (Lipinski definition) is 0. The second-order valence-corrected chi connectivity index (χ2v) is 3.29. The molecule has 54 valence electrons. The highest BCUT2D eigenvalue weighted by molar-refractivity contribution is 5.65. The molecule has 0 amide bonds. The highest BCUT2D eigenvalue weighted by Gasteiger charge is 2.28. The average molecular weight is 135 g/mol. The topological polar surface area (TPSA) is 12.4 Å². The van der Waals surface area contributed by atoms with Gasteiger partial charge in [-0.15, -0.1) is 0 Å². The molecular weight excluding hydrogens is 122 g/mol. The third-order valence-electron chi connectivity index (χ3n) is 2.59. The van der Waals surface area contributed by atoms with E-state index in [0.717, 1.165) is 11.8 Å². The second-order valence-electron chi connectivity index (χ2n) is 3.29. The van der Waals surface area contributed by atoms with Crippen LogP contribution in [-0.2, 0) is 0 Å². The lowest BCUT2D eigenvalue weighted by atomic mass is 9.83. The summed E-state index contributed by atoms with van der Waals surface area (Å²) in [6, 6.07) is 0.543. The Bertz CT molecular complexity index is 181. The van der Waals surface area contributed by atoms with Gasteiger partial charge in [0.15, 0.2) is 0 Å². The fourth-order valence-corrected chi connectivity index (χ4v) is 1.92. The van der Waals surface area contributed by atoms with E-state index >= 15 is 0 Å². The van der Waals surface area contributed by atoms with Crippen molar-refractivity contribution < 1.29 is 0 Å². The Morgan fingerprint density at radius 1 is 1.50 bits per heavy atom. The van der Waals surface area contributed by atoms with Crippen molar-refractivity contribution in [3.05, 3.63) is 12.2 Å². The molecule has 0 saturated heterocycles. The van der Waals surface area contributed by atoms with Gasteiger partial charge < -0.3 is 0 Å². The standard InChI is InChI=1S/C9H13N/c1-7-9-5-3-2-4-8(9)6-10-7/h3,5-9H,2,4H2,1H3. The molecule has 3 unspecified atom stereocenters. The maximum absolute atomic E-state index is 4.40. The number of fused-ring (bicyclic) bond motifs is 1. The van der Waals surface area contributed by atoms with Crippen LogP contribution >= 0.6 is 0 Å². The smallest absolute Gasteiger partial charge is 0.0536 e. The van der Waals surface area contributed by atoms with E-state index in [1.807, 2.05) is 0 Å². The summed E-state index contributed by atoms with van der Waals surface area (Å²) < 4.78 is 0. The fourth-order valence-electron chi connectivity index (χ4n) is 1.92. The van der Waals surface area contributed by atoms with Gasteiger partial charge in [0, 0.05) is 18.1 Å². The molecule has 2 aliphatic rings. The zero-order valence-electron chi connectivity index (χ0n) is 6.33. The highest BCUT2D eigenvalue weighted by atomic mass is 14.8. The summed E-state index contributed by atoms with van der Waals surface area (Å²) >= 11 is 0. The van der Waals surface area contributed by atoms with Crippen LogP contribution in [0.25, 0.3) is 0 Å². The summed E-state index contributed by atoms with van der Waals surface area (Å²) in [5, 5.41) is 0. The third kappa shape index (κ3) is 0.808. The third-order valence-corrected chi connectivity index (χ3v) is 2.59. The van der Waals surface area contributed by atoms with E-state index in [4.69, 9.17) is 0 Å². The van der Waals surface area contributed by atoms with Gasteiger partial charge in [0.2, 0.25) is 0 Å². The largest absolute Gasteiger partial charge is 0.294 e. The minimum atomic E-state index is 0.543. The van der Waals surface area contributed by atoms with Crippen LogP contribution in [0.4, 0.5) is 0 Å². The minimum absolute atomic E-state index is 0.543. The highest BCUT2D eigenvalue weighted by Crippen LogP contribution is 2.31. The van der Waals surface area contributed by atoms with Crippen LogP contribution in [0.1, 0.15) is 19.8 Å². The second kappa shape index (κ2) is 2.22. The number of hydrogen-bond acceptors (Lipinski definition) is 1. The van der Waals surface area contributed by atoms with Gasteiger partial charge in [-0.25, -0.2) is 0 Å². The van der Waals surface area contributed by atoms with Gasteiger partial charge in [0.25, 0.3) is 0 Å². The van der Waals surface area contributed by atoms with Crippen LogP contribution in [0.2, 0.25) is 0 Å². The molecule has 0 aromatic carbocycles. The Hall–Kier alpha value is -0.590. The van der Waals surface area contributed by atoms with E-state index in [1.54, 1.807) is 0 Å². The lowest BCUT2D eigenvalue weighted by Gasteiger charge is -2.20. The van der Waals surface area contributed by atoms with Crippen LogP contribution in [0, 0.1) is 11.8 Å². The monoisotopic (exact) mass is 135 g/mol. The Morgan fingerprint density at radius 2 is 2.40 bits per heavy atom. The van der Waals surface area contributed by atoms with Crippen LogP contribution < -0.4 is 0 Å². The van der Waals surface area contributed by atoms with Gasteiger partial charge in [-0.1, -0.05) is 12.2 Å². The van der Waals surface area contributed by atoms with Gasteiger partial charge in [0.05, 0.1) is 6.04 Å². The molecule has 1 heteroatoms. The molecule has 0 spiro atoms. The molecule has 1 aliphatic carbocycles. The molecule has 10 heavy (non-hydrogen) atoms. The van der Waals surface area contributed by atoms with Gasteiger partial charge in [0.1, 0.15) is 0 Å². The van der Waals surface area contributed by atoms with Crippen molar-refractivity contribution in [1.82, 2.24) is 0 Å². The summed E-state index contributed by atoms with van der Waals surface area (Å²) in [7, 11) is 0. The molecule has 1 aliphatic heterocycles. The van der Waals surface area contributed by atoms with Crippen molar-refractivity contribution in [3.63, 3.8) is 0 Å². The molecule has 0 aromatic heterocycles. The first kappa shape index (κ1) is 6.14. The van der Waals surface area contributed by atoms with Crippen LogP contribution in [-0.4, -0.2) is 12.3 Å². The predicted molar refractivity (Wildman–Crippen MR) is 43.3 cm³/mol. The zero-order valence-corrected chi connectivity index (χ0v) is 6.33. The van der Waals surface area contributed by atoms with Crippen LogP contribution in [0.3, 0.4) is 0 Å².